The molecule has 17 nitrogen and oxygen atoms in total. The molecule has 2 aromatic carbocycles. The van der Waals surface area contributed by atoms with Crippen LogP contribution in [-0.4, -0.2) is 80.0 Å². The van der Waals surface area contributed by atoms with Gasteiger partial charge in [0.2, 0.25) is 23.6 Å². The van der Waals surface area contributed by atoms with Crippen LogP contribution in [0.15, 0.2) is 46.9 Å². The molecule has 3 heterocycles. The smallest absolute Gasteiger partial charge is 0.408 e. The molecule has 6 N–H and O–H groups in total. The maximum Gasteiger partial charge on any atom is 0.408 e. The van der Waals surface area contributed by atoms with Gasteiger partial charge in [-0.2, -0.15) is 10.5 Å². The molecule has 6 rings (SSSR count). The molecule has 0 spiro atoms. The zero-order valence-corrected chi connectivity index (χ0v) is 40.0. The van der Waals surface area contributed by atoms with Crippen LogP contribution in [-0.2, 0) is 30.5 Å². The van der Waals surface area contributed by atoms with Crippen molar-refractivity contribution >= 4 is 58.2 Å². The van der Waals surface area contributed by atoms with Gasteiger partial charge in [0.25, 0.3) is 5.91 Å². The van der Waals surface area contributed by atoms with Crippen LogP contribution >= 0.6 is 11.6 Å². The average molecular weight is 956 g/mol. The highest BCUT2D eigenvalue weighted by Crippen LogP contribution is 2.35. The Morgan fingerprint density at radius 3 is 2.19 bits per heavy atom. The molecule has 1 aromatic heterocycles. The predicted molar refractivity (Wildman–Crippen MR) is 252 cm³/mol. The van der Waals surface area contributed by atoms with Gasteiger partial charge in [-0.05, 0) is 85.6 Å². The van der Waals surface area contributed by atoms with E-state index in [0.717, 1.165) is 44.1 Å². The summed E-state index contributed by atoms with van der Waals surface area (Å²) in [5.41, 5.74) is 1.37. The Balaban J connectivity index is 1.04. The lowest BCUT2D eigenvalue weighted by Gasteiger charge is -2.31. The highest BCUT2D eigenvalue weighted by atomic mass is 35.5. The fourth-order valence-corrected chi connectivity index (χ4v) is 9.85. The highest BCUT2D eigenvalue weighted by Gasteiger charge is 2.36. The van der Waals surface area contributed by atoms with Gasteiger partial charge in [0, 0.05) is 41.9 Å². The number of nitriles is 2. The number of carbonyl (C=O) groups excluding carboxylic acids is 6. The third kappa shape index (κ3) is 14.1. The molecule has 0 radical (unpaired) electrons. The molecule has 2 aliphatic heterocycles. The second-order valence-corrected chi connectivity index (χ2v) is 19.9. The molecular weight excluding hydrogens is 892 g/mol. The first-order chi connectivity index (χ1) is 32.5. The SMILES string of the molecule is COc1cccc2oc(C(=O)N[C@@H](CC(C)(C)C)C(=O)N[C@H](C#N)C[C@@H]3CC(c4ccc(COC(=O)N[C@@H](CC5CCCCC5)C(=O)N[C@H](C#N)C[C@@H]5CCCNC5=O)cc4Cl)CNC3=O)cc12. The lowest BCUT2D eigenvalue weighted by molar-refractivity contribution is -0.128. The summed E-state index contributed by atoms with van der Waals surface area (Å²) in [5, 5.41) is 37.8. The van der Waals surface area contributed by atoms with Gasteiger partial charge in [-0.15, -0.1) is 0 Å². The van der Waals surface area contributed by atoms with Crippen LogP contribution in [0.5, 0.6) is 5.75 Å². The van der Waals surface area contributed by atoms with Gasteiger partial charge < -0.3 is 45.8 Å². The third-order valence-electron chi connectivity index (χ3n) is 13.0. The predicted octanol–water partition coefficient (Wildman–Crippen LogP) is 6.44. The first kappa shape index (κ1) is 51.1. The zero-order valence-electron chi connectivity index (χ0n) is 39.2. The zero-order chi connectivity index (χ0) is 49.0. The van der Waals surface area contributed by atoms with E-state index in [1.165, 1.54) is 7.11 Å². The van der Waals surface area contributed by atoms with E-state index in [1.54, 1.807) is 42.5 Å². The van der Waals surface area contributed by atoms with Crippen LogP contribution in [0.1, 0.15) is 125 Å². The van der Waals surface area contributed by atoms with E-state index in [-0.39, 0.29) is 67.7 Å². The molecule has 68 heavy (non-hydrogen) atoms. The van der Waals surface area contributed by atoms with Gasteiger partial charge in [0.15, 0.2) is 5.76 Å². The maximum atomic E-state index is 13.8. The van der Waals surface area contributed by atoms with Crippen LogP contribution in [0.4, 0.5) is 4.79 Å². The third-order valence-corrected chi connectivity index (χ3v) is 13.4. The first-order valence-corrected chi connectivity index (χ1v) is 24.0. The van der Waals surface area contributed by atoms with E-state index < -0.39 is 59.3 Å². The van der Waals surface area contributed by atoms with Gasteiger partial charge in [-0.3, -0.25) is 24.0 Å². The Morgan fingerprint density at radius 1 is 0.838 bits per heavy atom. The van der Waals surface area contributed by atoms with Crippen LogP contribution < -0.4 is 36.6 Å². The largest absolute Gasteiger partial charge is 0.496 e. The summed E-state index contributed by atoms with van der Waals surface area (Å²) in [4.78, 5) is 79.5. The number of nitrogens with zero attached hydrogens (tertiary/aromatic N) is 2. The van der Waals surface area contributed by atoms with Crippen molar-refractivity contribution in [2.75, 3.05) is 20.2 Å². The summed E-state index contributed by atoms with van der Waals surface area (Å²) >= 11 is 6.82. The Kier molecular flexibility index (Phi) is 17.7. The number of hydrogen-bond acceptors (Lipinski definition) is 11. The van der Waals surface area contributed by atoms with E-state index in [1.807, 2.05) is 20.8 Å². The monoisotopic (exact) mass is 954 g/mol. The fourth-order valence-electron chi connectivity index (χ4n) is 9.49. The first-order valence-electron chi connectivity index (χ1n) is 23.6. The Bertz CT molecular complexity index is 2400. The standard InChI is InChI=1S/C50H63ClN8O9/c1-50(2,3)24-40(58-48(64)43-23-37-41(66-4)13-8-14-42(37)68-43)47(63)57-35(26-53)22-32-20-33(27-55-45(32)61)36-16-15-30(18-38(36)51)28-67-49(65)59-39(19-29-10-6-5-7-11-29)46(62)56-34(25-52)21-31-12-9-17-54-44(31)60/h8,13-16,18,23,29,31-35,39-40H,5-7,9-12,17,19-22,24,27-28H2,1-4H3,(H,54,60)(H,55,61)(H,56,62)(H,57,63)(H,58,64)(H,59,65)/t31-,32-,33?,34-,35-,39-,40-/m0/s1. The Morgan fingerprint density at radius 2 is 1.53 bits per heavy atom. The number of methoxy groups -OCH3 is 1. The minimum atomic E-state index is -1.06. The summed E-state index contributed by atoms with van der Waals surface area (Å²) in [5.74, 6) is -2.61. The Labute approximate surface area is 402 Å². The molecule has 1 unspecified atom stereocenters. The van der Waals surface area contributed by atoms with Crippen molar-refractivity contribution in [1.29, 1.82) is 10.5 Å². The van der Waals surface area contributed by atoms with Crippen molar-refractivity contribution < 1.29 is 42.7 Å². The normalized spacial score (nSPS) is 20.5. The summed E-state index contributed by atoms with van der Waals surface area (Å²) in [6.45, 7) is 6.50. The van der Waals surface area contributed by atoms with E-state index in [9.17, 15) is 39.3 Å². The Hall–Kier alpha value is -6.33. The molecule has 3 aromatic rings. The van der Waals surface area contributed by atoms with Gasteiger partial charge in [-0.25, -0.2) is 4.79 Å². The number of fused-ring (bicyclic) bond motifs is 1. The highest BCUT2D eigenvalue weighted by molar-refractivity contribution is 6.31. The molecule has 1 aliphatic carbocycles. The van der Waals surface area contributed by atoms with E-state index >= 15 is 0 Å². The van der Waals surface area contributed by atoms with Crippen LogP contribution in [0, 0.1) is 45.8 Å². The molecule has 6 amide bonds. The number of piperidine rings is 2. The molecular formula is C50H63ClN8O9. The van der Waals surface area contributed by atoms with Crippen molar-refractivity contribution in [3.8, 4) is 17.9 Å². The molecule has 7 atom stereocenters. The number of rotatable bonds is 18. The quantitative estimate of drug-likeness (QED) is 0.0809. The topological polar surface area (TPSA) is 254 Å². The van der Waals surface area contributed by atoms with Crippen LogP contribution in [0.3, 0.4) is 0 Å². The lowest BCUT2D eigenvalue weighted by Crippen LogP contribution is -2.51. The van der Waals surface area contributed by atoms with Gasteiger partial charge in [-0.1, -0.05) is 82.7 Å². The van der Waals surface area contributed by atoms with Gasteiger partial charge in [0.05, 0.1) is 24.6 Å². The van der Waals surface area contributed by atoms with Gasteiger partial charge >= 0.3 is 6.09 Å². The summed E-state index contributed by atoms with van der Waals surface area (Å²) in [6, 6.07) is 12.3. The number of benzene rings is 2. The van der Waals surface area contributed by atoms with Crippen molar-refractivity contribution in [3.05, 3.63) is 64.4 Å². The lowest BCUT2D eigenvalue weighted by atomic mass is 9.82. The summed E-state index contributed by atoms with van der Waals surface area (Å²) in [6.07, 6.45) is 6.84. The number of carbonyl (C=O) groups is 6. The van der Waals surface area contributed by atoms with E-state index in [2.05, 4.69) is 44.0 Å². The molecule has 0 bridgehead atoms. The molecule has 1 saturated carbocycles. The number of ether oxygens (including phenoxy) is 2. The molecule has 3 fully saturated rings. The van der Waals surface area contributed by atoms with Crippen molar-refractivity contribution in [2.24, 2.45) is 23.2 Å². The number of halogens is 1. The molecule has 18 heteroatoms. The fraction of sp³-hybridized carbons (Fsp3) is 0.560. The van der Waals surface area contributed by atoms with Crippen LogP contribution in [0.2, 0.25) is 5.02 Å². The molecule has 2 saturated heterocycles. The second-order valence-electron chi connectivity index (χ2n) is 19.5. The molecule has 364 valence electrons. The van der Waals surface area contributed by atoms with E-state index in [0.29, 0.717) is 53.1 Å². The average Bonchev–Trinajstić information content (AvgIpc) is 3.76. The summed E-state index contributed by atoms with van der Waals surface area (Å²) in [7, 11) is 1.51. The second kappa shape index (κ2) is 23.6. The summed E-state index contributed by atoms with van der Waals surface area (Å²) < 4.78 is 16.7. The van der Waals surface area contributed by atoms with E-state index in [4.69, 9.17) is 25.5 Å². The van der Waals surface area contributed by atoms with Crippen molar-refractivity contribution in [3.63, 3.8) is 0 Å². The number of nitrogens with one attached hydrogen (secondary N) is 6. The van der Waals surface area contributed by atoms with Crippen LogP contribution in [0.25, 0.3) is 11.0 Å². The van der Waals surface area contributed by atoms with Gasteiger partial charge in [0.1, 0.15) is 42.1 Å². The minimum Gasteiger partial charge on any atom is -0.496 e. The number of amides is 6. The minimum absolute atomic E-state index is 0.00597. The van der Waals surface area contributed by atoms with Crippen molar-refractivity contribution in [1.82, 2.24) is 31.9 Å². The number of alkyl carbamates (subject to hydrolysis) is 1. The maximum absolute atomic E-state index is 13.8. The molecule has 3 aliphatic rings. The number of hydrogen-bond donors (Lipinski definition) is 6. The number of furan rings is 1. The van der Waals surface area contributed by atoms with Crippen molar-refractivity contribution in [2.45, 2.75) is 135 Å².